The van der Waals surface area contributed by atoms with Crippen molar-refractivity contribution in [2.75, 3.05) is 4.90 Å². The maximum Gasteiger partial charge on any atom is 0.143 e. The molecule has 10 aromatic carbocycles. The fraction of sp³-hybridized carbons (Fsp3) is 0. The molecule has 1 heterocycles. The summed E-state index contributed by atoms with van der Waals surface area (Å²) in [6, 6.07) is 84.6. The summed E-state index contributed by atoms with van der Waals surface area (Å²) in [4.78, 5) is 2.33. The Morgan fingerprint density at radius 3 is 0.917 bits per heavy atom. The zero-order valence-corrected chi connectivity index (χ0v) is 32.9. The first-order valence-corrected chi connectivity index (χ1v) is 20.5. The standard InChI is InChI=1S/C58H39NO/c1-3-11-40(12-4-1)42-19-23-44(24-20-42)46-27-33-49(34-28-46)59(50-35-29-47(30-36-50)45-25-21-43(22-26-45)41-13-5-2-6-14-41)51-37-31-48(32-38-51)57-39-56-54-17-8-7-15-52(54)53-16-9-10-18-55(53)58(56)60-57/h1-39H. The van der Waals surface area contributed by atoms with E-state index in [-0.39, 0.29) is 0 Å². The highest BCUT2D eigenvalue weighted by Crippen LogP contribution is 2.41. The fourth-order valence-corrected chi connectivity index (χ4v) is 8.60. The predicted molar refractivity (Wildman–Crippen MR) is 253 cm³/mol. The molecule has 2 heteroatoms. The molecule has 0 N–H and O–H groups in total. The van der Waals surface area contributed by atoms with E-state index in [0.29, 0.717) is 0 Å². The number of hydrogen-bond acceptors (Lipinski definition) is 2. The van der Waals surface area contributed by atoms with Crippen molar-refractivity contribution in [3.63, 3.8) is 0 Å². The lowest BCUT2D eigenvalue weighted by Gasteiger charge is -2.26. The minimum atomic E-state index is 0.856. The number of rotatable bonds is 8. The number of furan rings is 1. The van der Waals surface area contributed by atoms with Gasteiger partial charge in [0.25, 0.3) is 0 Å². The van der Waals surface area contributed by atoms with Gasteiger partial charge in [-0.3, -0.25) is 0 Å². The van der Waals surface area contributed by atoms with Crippen LogP contribution in [0.2, 0.25) is 0 Å². The summed E-state index contributed by atoms with van der Waals surface area (Å²) in [5.74, 6) is 0.856. The molecule has 0 amide bonds. The summed E-state index contributed by atoms with van der Waals surface area (Å²) in [5.41, 5.74) is 14.8. The molecule has 0 fully saturated rings. The summed E-state index contributed by atoms with van der Waals surface area (Å²) in [7, 11) is 0. The van der Waals surface area contributed by atoms with Gasteiger partial charge in [-0.05, 0) is 115 Å². The van der Waals surface area contributed by atoms with Crippen LogP contribution in [0.3, 0.4) is 0 Å². The van der Waals surface area contributed by atoms with Gasteiger partial charge in [0.05, 0.1) is 0 Å². The van der Waals surface area contributed by atoms with Crippen molar-refractivity contribution in [1.82, 2.24) is 0 Å². The van der Waals surface area contributed by atoms with E-state index in [9.17, 15) is 0 Å². The SMILES string of the molecule is c1ccc(-c2ccc(-c3ccc(N(c4ccc(-c5ccc(-c6ccccc6)cc5)cc4)c4ccc(-c5cc6c7ccccc7c7ccccc7c6o5)cc4)cc3)cc2)cc1. The number of hydrogen-bond donors (Lipinski definition) is 0. The van der Waals surface area contributed by atoms with Crippen molar-refractivity contribution in [3.8, 4) is 55.8 Å². The zero-order chi connectivity index (χ0) is 39.8. The third kappa shape index (κ3) is 6.51. The molecule has 0 aliphatic heterocycles. The van der Waals surface area contributed by atoms with Gasteiger partial charge >= 0.3 is 0 Å². The Bertz CT molecular complexity index is 3040. The average molecular weight is 766 g/mol. The van der Waals surface area contributed by atoms with Gasteiger partial charge in [-0.25, -0.2) is 0 Å². The van der Waals surface area contributed by atoms with Crippen molar-refractivity contribution in [2.45, 2.75) is 0 Å². The van der Waals surface area contributed by atoms with E-state index in [0.717, 1.165) is 44.7 Å². The van der Waals surface area contributed by atoms with Crippen molar-refractivity contribution < 1.29 is 4.42 Å². The molecule has 0 unspecified atom stereocenters. The van der Waals surface area contributed by atoms with E-state index in [1.165, 1.54) is 60.7 Å². The highest BCUT2D eigenvalue weighted by molar-refractivity contribution is 6.24. The van der Waals surface area contributed by atoms with Gasteiger partial charge in [0.2, 0.25) is 0 Å². The number of anilines is 3. The summed E-state index contributed by atoms with van der Waals surface area (Å²) in [6.45, 7) is 0. The van der Waals surface area contributed by atoms with Gasteiger partial charge in [-0.2, -0.15) is 0 Å². The van der Waals surface area contributed by atoms with Crippen LogP contribution in [-0.4, -0.2) is 0 Å². The highest BCUT2D eigenvalue weighted by atomic mass is 16.3. The molecule has 282 valence electrons. The van der Waals surface area contributed by atoms with Crippen molar-refractivity contribution in [1.29, 1.82) is 0 Å². The largest absolute Gasteiger partial charge is 0.455 e. The van der Waals surface area contributed by atoms with Crippen LogP contribution in [0.15, 0.2) is 241 Å². The molecular weight excluding hydrogens is 727 g/mol. The fourth-order valence-electron chi connectivity index (χ4n) is 8.60. The molecular formula is C58H39NO. The zero-order valence-electron chi connectivity index (χ0n) is 32.9. The van der Waals surface area contributed by atoms with Gasteiger partial charge in [0.15, 0.2) is 0 Å². The van der Waals surface area contributed by atoms with Crippen molar-refractivity contribution in [3.05, 3.63) is 237 Å². The molecule has 0 spiro atoms. The molecule has 0 aliphatic rings. The summed E-state index contributed by atoms with van der Waals surface area (Å²) in [6.07, 6.45) is 0. The number of benzene rings is 10. The molecule has 0 saturated carbocycles. The molecule has 11 aromatic rings. The second kappa shape index (κ2) is 15.1. The quantitative estimate of drug-likeness (QED) is 0.143. The monoisotopic (exact) mass is 765 g/mol. The number of nitrogens with zero attached hydrogens (tertiary/aromatic N) is 1. The van der Waals surface area contributed by atoms with E-state index in [1.807, 2.05) is 0 Å². The molecule has 0 bridgehead atoms. The summed E-state index contributed by atoms with van der Waals surface area (Å²) < 4.78 is 6.71. The van der Waals surface area contributed by atoms with Gasteiger partial charge in [-0.1, -0.05) is 182 Å². The second-order valence-corrected chi connectivity index (χ2v) is 15.3. The average Bonchev–Trinajstić information content (AvgIpc) is 3.80. The third-order valence-electron chi connectivity index (χ3n) is 11.7. The molecule has 11 rings (SSSR count). The first-order chi connectivity index (χ1) is 29.7. The van der Waals surface area contributed by atoms with Gasteiger partial charge in [-0.15, -0.1) is 0 Å². The minimum Gasteiger partial charge on any atom is -0.455 e. The van der Waals surface area contributed by atoms with Crippen LogP contribution in [0.4, 0.5) is 17.1 Å². The van der Waals surface area contributed by atoms with Gasteiger partial charge in [0, 0.05) is 33.4 Å². The Morgan fingerprint density at radius 2 is 0.517 bits per heavy atom. The van der Waals surface area contributed by atoms with Crippen LogP contribution < -0.4 is 4.90 Å². The van der Waals surface area contributed by atoms with Crippen LogP contribution in [0, 0.1) is 0 Å². The smallest absolute Gasteiger partial charge is 0.143 e. The molecule has 0 saturated heterocycles. The molecule has 0 radical (unpaired) electrons. The van der Waals surface area contributed by atoms with Crippen LogP contribution in [0.1, 0.15) is 0 Å². The lowest BCUT2D eigenvalue weighted by Crippen LogP contribution is -2.09. The van der Waals surface area contributed by atoms with E-state index < -0.39 is 0 Å². The van der Waals surface area contributed by atoms with E-state index in [1.54, 1.807) is 0 Å². The van der Waals surface area contributed by atoms with Crippen LogP contribution in [-0.2, 0) is 0 Å². The van der Waals surface area contributed by atoms with E-state index >= 15 is 0 Å². The molecule has 2 nitrogen and oxygen atoms in total. The van der Waals surface area contributed by atoms with Crippen LogP contribution in [0.25, 0.3) is 88.3 Å². The molecule has 0 atom stereocenters. The Morgan fingerprint density at radius 1 is 0.233 bits per heavy atom. The Kier molecular flexibility index (Phi) is 8.87. The normalized spacial score (nSPS) is 11.3. The maximum absolute atomic E-state index is 6.71. The summed E-state index contributed by atoms with van der Waals surface area (Å²) >= 11 is 0. The Balaban J connectivity index is 0.944. The minimum absolute atomic E-state index is 0.856. The predicted octanol–water partition coefficient (Wildman–Crippen LogP) is 16.5. The third-order valence-corrected chi connectivity index (χ3v) is 11.7. The highest BCUT2D eigenvalue weighted by Gasteiger charge is 2.17. The first kappa shape index (κ1) is 35.2. The lowest BCUT2D eigenvalue weighted by molar-refractivity contribution is 0.635. The molecule has 60 heavy (non-hydrogen) atoms. The molecule has 1 aromatic heterocycles. The van der Waals surface area contributed by atoms with Gasteiger partial charge < -0.3 is 9.32 Å². The summed E-state index contributed by atoms with van der Waals surface area (Å²) in [5, 5.41) is 5.92. The van der Waals surface area contributed by atoms with E-state index in [2.05, 4.69) is 241 Å². The Hall–Kier alpha value is -7.94. The second-order valence-electron chi connectivity index (χ2n) is 15.3. The van der Waals surface area contributed by atoms with Crippen molar-refractivity contribution >= 4 is 49.6 Å². The Labute approximate surface area is 349 Å². The maximum atomic E-state index is 6.71. The lowest BCUT2D eigenvalue weighted by atomic mass is 9.98. The first-order valence-electron chi connectivity index (χ1n) is 20.5. The van der Waals surface area contributed by atoms with Crippen LogP contribution >= 0.6 is 0 Å². The van der Waals surface area contributed by atoms with Gasteiger partial charge in [0.1, 0.15) is 11.3 Å². The number of fused-ring (bicyclic) bond motifs is 6. The topological polar surface area (TPSA) is 16.4 Å². The molecule has 0 aliphatic carbocycles. The van der Waals surface area contributed by atoms with Crippen molar-refractivity contribution in [2.24, 2.45) is 0 Å². The van der Waals surface area contributed by atoms with Crippen LogP contribution in [0.5, 0.6) is 0 Å². The van der Waals surface area contributed by atoms with E-state index in [4.69, 9.17) is 4.42 Å².